The van der Waals surface area contributed by atoms with Crippen LogP contribution < -0.4 is 11.1 Å². The van der Waals surface area contributed by atoms with Crippen LogP contribution in [0.15, 0.2) is 42.7 Å². The third-order valence-electron chi connectivity index (χ3n) is 4.58. The summed E-state index contributed by atoms with van der Waals surface area (Å²) >= 11 is 0. The van der Waals surface area contributed by atoms with E-state index >= 15 is 0 Å². The lowest BCUT2D eigenvalue weighted by molar-refractivity contribution is -0.121. The van der Waals surface area contributed by atoms with Crippen molar-refractivity contribution < 1.29 is 4.79 Å². The van der Waals surface area contributed by atoms with Crippen LogP contribution in [0.25, 0.3) is 5.69 Å². The fourth-order valence-electron chi connectivity index (χ4n) is 3.30. The molecule has 3 rings (SSSR count). The van der Waals surface area contributed by atoms with Crippen LogP contribution in [0.3, 0.4) is 0 Å². The van der Waals surface area contributed by atoms with E-state index in [0.717, 1.165) is 24.1 Å². The van der Waals surface area contributed by atoms with Crippen LogP contribution in [0.1, 0.15) is 31.2 Å². The summed E-state index contributed by atoms with van der Waals surface area (Å²) in [6.45, 7) is 0.650. The normalized spacial score (nSPS) is 21.1. The van der Waals surface area contributed by atoms with E-state index in [0.29, 0.717) is 18.9 Å². The van der Waals surface area contributed by atoms with Gasteiger partial charge in [0, 0.05) is 12.2 Å². The number of rotatable bonds is 5. The van der Waals surface area contributed by atoms with Gasteiger partial charge in [-0.25, -0.2) is 4.68 Å². The third kappa shape index (κ3) is 3.99. The molecule has 1 saturated carbocycles. The fourth-order valence-corrected chi connectivity index (χ4v) is 3.30. The molecule has 1 heterocycles. The molecule has 0 bridgehead atoms. The van der Waals surface area contributed by atoms with E-state index < -0.39 is 0 Å². The average molecular weight is 312 g/mol. The maximum Gasteiger partial charge on any atom is 0.224 e. The first-order valence-electron chi connectivity index (χ1n) is 8.34. The fraction of sp³-hybridized carbons (Fsp3) is 0.444. The number of carbonyl (C=O) groups is 1. The van der Waals surface area contributed by atoms with Gasteiger partial charge < -0.3 is 11.1 Å². The number of carbonyl (C=O) groups excluding carboxylic acids is 1. The van der Waals surface area contributed by atoms with Crippen molar-refractivity contribution in [1.29, 1.82) is 0 Å². The van der Waals surface area contributed by atoms with Crippen LogP contribution in [0.4, 0.5) is 0 Å². The number of nitrogens with zero attached hydrogens (tertiary/aromatic N) is 2. The number of amides is 1. The van der Waals surface area contributed by atoms with Crippen molar-refractivity contribution in [1.82, 2.24) is 15.1 Å². The summed E-state index contributed by atoms with van der Waals surface area (Å²) in [6.07, 6.45) is 8.58. The standard InChI is InChI=1S/C18H24N4O/c19-11-15-6-4-5-9-17(15)21-18(23)10-14-12-20-22(13-14)16-7-2-1-3-8-16/h1-3,7-8,12-13,15,17H,4-6,9-11,19H2,(H,21,23). The SMILES string of the molecule is NCC1CCCCC1NC(=O)Cc1cnn(-c2ccccc2)c1. The zero-order valence-electron chi connectivity index (χ0n) is 13.3. The van der Waals surface area contributed by atoms with Crippen molar-refractivity contribution in [2.75, 3.05) is 6.54 Å². The molecular formula is C18H24N4O. The molecule has 0 aliphatic heterocycles. The number of hydrogen-bond donors (Lipinski definition) is 2. The van der Waals surface area contributed by atoms with Crippen LogP contribution in [-0.4, -0.2) is 28.3 Å². The van der Waals surface area contributed by atoms with Gasteiger partial charge in [0.25, 0.3) is 0 Å². The van der Waals surface area contributed by atoms with E-state index in [4.69, 9.17) is 5.73 Å². The van der Waals surface area contributed by atoms with Gasteiger partial charge in [-0.15, -0.1) is 0 Å². The van der Waals surface area contributed by atoms with Gasteiger partial charge in [-0.2, -0.15) is 5.10 Å². The molecule has 5 heteroatoms. The molecule has 1 amide bonds. The molecule has 5 nitrogen and oxygen atoms in total. The zero-order valence-corrected chi connectivity index (χ0v) is 13.3. The maximum atomic E-state index is 12.3. The van der Waals surface area contributed by atoms with E-state index in [9.17, 15) is 4.79 Å². The molecule has 1 fully saturated rings. The Morgan fingerprint density at radius 1 is 1.26 bits per heavy atom. The van der Waals surface area contributed by atoms with Crippen molar-refractivity contribution in [2.24, 2.45) is 11.7 Å². The number of para-hydroxylation sites is 1. The summed E-state index contributed by atoms with van der Waals surface area (Å²) in [5.41, 5.74) is 7.74. The lowest BCUT2D eigenvalue weighted by Crippen LogP contribution is -2.45. The monoisotopic (exact) mass is 312 g/mol. The second-order valence-corrected chi connectivity index (χ2v) is 6.26. The minimum atomic E-state index is 0.0583. The predicted molar refractivity (Wildman–Crippen MR) is 90.2 cm³/mol. The Bertz CT molecular complexity index is 637. The highest BCUT2D eigenvalue weighted by Crippen LogP contribution is 2.23. The van der Waals surface area contributed by atoms with E-state index in [-0.39, 0.29) is 11.9 Å². The summed E-state index contributed by atoms with van der Waals surface area (Å²) in [7, 11) is 0. The van der Waals surface area contributed by atoms with Gasteiger partial charge in [0.2, 0.25) is 5.91 Å². The molecule has 2 unspecified atom stereocenters. The van der Waals surface area contributed by atoms with Crippen LogP contribution in [0, 0.1) is 5.92 Å². The van der Waals surface area contributed by atoms with Gasteiger partial charge in [-0.1, -0.05) is 31.0 Å². The number of nitrogens with one attached hydrogen (secondary N) is 1. The highest BCUT2D eigenvalue weighted by Gasteiger charge is 2.25. The summed E-state index contributed by atoms with van der Waals surface area (Å²) in [5, 5.41) is 7.50. The van der Waals surface area contributed by atoms with E-state index in [2.05, 4.69) is 10.4 Å². The molecule has 0 radical (unpaired) electrons. The third-order valence-corrected chi connectivity index (χ3v) is 4.58. The van der Waals surface area contributed by atoms with Gasteiger partial charge >= 0.3 is 0 Å². The Hall–Kier alpha value is -2.14. The smallest absolute Gasteiger partial charge is 0.224 e. The second-order valence-electron chi connectivity index (χ2n) is 6.26. The summed E-state index contributed by atoms with van der Waals surface area (Å²) in [4.78, 5) is 12.3. The quantitative estimate of drug-likeness (QED) is 0.887. The van der Waals surface area contributed by atoms with E-state index in [1.807, 2.05) is 36.5 Å². The summed E-state index contributed by atoms with van der Waals surface area (Å²) in [5.74, 6) is 0.475. The lowest BCUT2D eigenvalue weighted by atomic mass is 9.84. The number of aromatic nitrogens is 2. The molecule has 1 aromatic heterocycles. The second kappa shape index (κ2) is 7.42. The molecule has 2 aromatic rings. The molecule has 0 spiro atoms. The molecule has 23 heavy (non-hydrogen) atoms. The first kappa shape index (κ1) is 15.7. The number of nitrogens with two attached hydrogens (primary N) is 1. The van der Waals surface area contributed by atoms with Crippen molar-refractivity contribution in [3.05, 3.63) is 48.3 Å². The van der Waals surface area contributed by atoms with E-state index in [1.54, 1.807) is 10.9 Å². The Labute approximate surface area is 136 Å². The van der Waals surface area contributed by atoms with Crippen LogP contribution in [0.5, 0.6) is 0 Å². The van der Waals surface area contributed by atoms with Crippen molar-refractivity contribution in [3.8, 4) is 5.69 Å². The highest BCUT2D eigenvalue weighted by atomic mass is 16.1. The van der Waals surface area contributed by atoms with Gasteiger partial charge in [-0.3, -0.25) is 4.79 Å². The average Bonchev–Trinajstić information content (AvgIpc) is 3.04. The first-order chi connectivity index (χ1) is 11.3. The topological polar surface area (TPSA) is 72.9 Å². The van der Waals surface area contributed by atoms with Crippen molar-refractivity contribution in [2.45, 2.75) is 38.1 Å². The largest absolute Gasteiger partial charge is 0.353 e. The van der Waals surface area contributed by atoms with Crippen LogP contribution in [-0.2, 0) is 11.2 Å². The molecule has 3 N–H and O–H groups in total. The summed E-state index contributed by atoms with van der Waals surface area (Å²) < 4.78 is 1.80. The molecule has 1 aliphatic rings. The van der Waals surface area contributed by atoms with Crippen LogP contribution in [0.2, 0.25) is 0 Å². The lowest BCUT2D eigenvalue weighted by Gasteiger charge is -2.31. The molecule has 2 atom stereocenters. The van der Waals surface area contributed by atoms with Crippen LogP contribution >= 0.6 is 0 Å². The van der Waals surface area contributed by atoms with Gasteiger partial charge in [0.05, 0.1) is 18.3 Å². The predicted octanol–water partition coefficient (Wildman–Crippen LogP) is 2.05. The Kier molecular flexibility index (Phi) is 5.08. The molecule has 122 valence electrons. The van der Waals surface area contributed by atoms with Crippen molar-refractivity contribution in [3.63, 3.8) is 0 Å². The first-order valence-corrected chi connectivity index (χ1v) is 8.34. The minimum absolute atomic E-state index is 0.0583. The van der Waals surface area contributed by atoms with Gasteiger partial charge in [0.1, 0.15) is 0 Å². The zero-order chi connectivity index (χ0) is 16.1. The van der Waals surface area contributed by atoms with E-state index in [1.165, 1.54) is 12.8 Å². The number of benzene rings is 1. The van der Waals surface area contributed by atoms with Gasteiger partial charge in [0.15, 0.2) is 0 Å². The molecule has 0 saturated heterocycles. The Balaban J connectivity index is 1.59. The van der Waals surface area contributed by atoms with Gasteiger partial charge in [-0.05, 0) is 43.0 Å². The highest BCUT2D eigenvalue weighted by molar-refractivity contribution is 5.78. The molecule has 1 aromatic carbocycles. The van der Waals surface area contributed by atoms with Crippen molar-refractivity contribution >= 4 is 5.91 Å². The Morgan fingerprint density at radius 2 is 2.04 bits per heavy atom. The minimum Gasteiger partial charge on any atom is -0.353 e. The summed E-state index contributed by atoms with van der Waals surface area (Å²) in [6, 6.07) is 10.1. The molecular weight excluding hydrogens is 288 g/mol. The number of hydrogen-bond acceptors (Lipinski definition) is 3. The Morgan fingerprint density at radius 3 is 2.83 bits per heavy atom. The molecule has 1 aliphatic carbocycles. The maximum absolute atomic E-state index is 12.3.